The molecule has 14 heavy (non-hydrogen) atoms. The third-order valence-corrected chi connectivity index (χ3v) is 2.40. The SMILES string of the molecule is CCCC/C(C)=C/CC/C(C)=C/CO. The zero-order valence-corrected chi connectivity index (χ0v) is 9.84. The molecule has 0 atom stereocenters. The van der Waals surface area contributed by atoms with E-state index in [-0.39, 0.29) is 6.61 Å². The average Bonchev–Trinajstić information content (AvgIpc) is 2.15. The molecule has 0 rings (SSSR count). The molecule has 0 aromatic rings. The van der Waals surface area contributed by atoms with Gasteiger partial charge < -0.3 is 5.11 Å². The highest BCUT2D eigenvalue weighted by Gasteiger charge is 1.91. The van der Waals surface area contributed by atoms with E-state index in [9.17, 15) is 0 Å². The van der Waals surface area contributed by atoms with E-state index < -0.39 is 0 Å². The number of hydrogen-bond acceptors (Lipinski definition) is 1. The van der Waals surface area contributed by atoms with E-state index in [1.54, 1.807) is 0 Å². The van der Waals surface area contributed by atoms with Crippen LogP contribution in [-0.4, -0.2) is 11.7 Å². The minimum Gasteiger partial charge on any atom is -0.392 e. The monoisotopic (exact) mass is 196 g/mol. The Balaban J connectivity index is 3.64. The van der Waals surface area contributed by atoms with Gasteiger partial charge in [0.25, 0.3) is 0 Å². The molecule has 1 nitrogen and oxygen atoms in total. The van der Waals surface area contributed by atoms with Gasteiger partial charge in [-0.25, -0.2) is 0 Å². The summed E-state index contributed by atoms with van der Waals surface area (Å²) in [6.45, 7) is 6.68. The van der Waals surface area contributed by atoms with Crippen molar-refractivity contribution in [3.05, 3.63) is 23.3 Å². The smallest absolute Gasteiger partial charge is 0.0614 e. The lowest BCUT2D eigenvalue weighted by atomic mass is 10.1. The molecule has 0 radical (unpaired) electrons. The van der Waals surface area contributed by atoms with E-state index in [0.717, 1.165) is 12.8 Å². The second-order valence-electron chi connectivity index (χ2n) is 3.93. The Hall–Kier alpha value is -0.560. The highest BCUT2D eigenvalue weighted by Crippen LogP contribution is 2.10. The van der Waals surface area contributed by atoms with Crippen LogP contribution < -0.4 is 0 Å². The van der Waals surface area contributed by atoms with Crippen LogP contribution in [0.3, 0.4) is 0 Å². The number of allylic oxidation sites excluding steroid dienone is 3. The van der Waals surface area contributed by atoms with Crippen molar-refractivity contribution in [2.75, 3.05) is 6.61 Å². The summed E-state index contributed by atoms with van der Waals surface area (Å²) in [4.78, 5) is 0. The van der Waals surface area contributed by atoms with Crippen LogP contribution >= 0.6 is 0 Å². The van der Waals surface area contributed by atoms with Gasteiger partial charge in [-0.15, -0.1) is 0 Å². The summed E-state index contributed by atoms with van der Waals surface area (Å²) >= 11 is 0. The summed E-state index contributed by atoms with van der Waals surface area (Å²) < 4.78 is 0. The Labute approximate surface area is 88.5 Å². The molecule has 0 fully saturated rings. The van der Waals surface area contributed by atoms with Crippen LogP contribution in [0.15, 0.2) is 23.3 Å². The predicted molar refractivity (Wildman–Crippen MR) is 63.4 cm³/mol. The van der Waals surface area contributed by atoms with Crippen LogP contribution in [0.4, 0.5) is 0 Å². The lowest BCUT2D eigenvalue weighted by molar-refractivity contribution is 0.341. The van der Waals surface area contributed by atoms with Gasteiger partial charge in [0.1, 0.15) is 0 Å². The minimum absolute atomic E-state index is 0.171. The lowest BCUT2D eigenvalue weighted by Crippen LogP contribution is -1.82. The van der Waals surface area contributed by atoms with Crippen molar-refractivity contribution in [2.45, 2.75) is 52.9 Å². The van der Waals surface area contributed by atoms with Crippen molar-refractivity contribution >= 4 is 0 Å². The molecular formula is C13H24O. The summed E-state index contributed by atoms with van der Waals surface area (Å²) in [7, 11) is 0. The van der Waals surface area contributed by atoms with Gasteiger partial charge >= 0.3 is 0 Å². The Morgan fingerprint density at radius 3 is 2.29 bits per heavy atom. The maximum atomic E-state index is 8.67. The molecule has 1 N–H and O–H groups in total. The van der Waals surface area contributed by atoms with Crippen molar-refractivity contribution in [1.82, 2.24) is 0 Å². The molecule has 0 bridgehead atoms. The van der Waals surface area contributed by atoms with E-state index in [4.69, 9.17) is 5.11 Å². The molecule has 82 valence electrons. The summed E-state index contributed by atoms with van der Waals surface area (Å²) in [6, 6.07) is 0. The van der Waals surface area contributed by atoms with Gasteiger partial charge in [-0.05, 0) is 39.5 Å². The number of rotatable bonds is 7. The van der Waals surface area contributed by atoms with Crippen molar-refractivity contribution in [2.24, 2.45) is 0 Å². The standard InChI is InChI=1S/C13H24O/c1-4-5-7-12(2)8-6-9-13(3)10-11-14/h8,10,14H,4-7,9,11H2,1-3H3/b12-8+,13-10+. The van der Waals surface area contributed by atoms with E-state index in [1.807, 2.05) is 6.08 Å². The molecule has 0 aliphatic heterocycles. The molecule has 0 aromatic carbocycles. The first-order valence-corrected chi connectivity index (χ1v) is 5.62. The van der Waals surface area contributed by atoms with Crippen LogP contribution in [0, 0.1) is 0 Å². The first-order chi connectivity index (χ1) is 6.70. The van der Waals surface area contributed by atoms with Crippen molar-refractivity contribution < 1.29 is 5.11 Å². The average molecular weight is 196 g/mol. The van der Waals surface area contributed by atoms with Gasteiger partial charge in [0.2, 0.25) is 0 Å². The lowest BCUT2D eigenvalue weighted by Gasteiger charge is -2.00. The van der Waals surface area contributed by atoms with Crippen LogP contribution in [0.25, 0.3) is 0 Å². The predicted octanol–water partition coefficient (Wildman–Crippen LogP) is 3.84. The molecule has 0 unspecified atom stereocenters. The second-order valence-corrected chi connectivity index (χ2v) is 3.93. The largest absolute Gasteiger partial charge is 0.392 e. The summed E-state index contributed by atoms with van der Waals surface area (Å²) in [5.74, 6) is 0. The quantitative estimate of drug-likeness (QED) is 0.613. The Bertz CT molecular complexity index is 189. The molecule has 0 heterocycles. The maximum absolute atomic E-state index is 8.67. The Kier molecular flexibility index (Phi) is 8.65. The van der Waals surface area contributed by atoms with Crippen LogP contribution in [0.2, 0.25) is 0 Å². The molecule has 1 heteroatoms. The van der Waals surface area contributed by atoms with Gasteiger partial charge in [-0.2, -0.15) is 0 Å². The van der Waals surface area contributed by atoms with Crippen LogP contribution in [0.5, 0.6) is 0 Å². The normalized spacial score (nSPS) is 13.4. The topological polar surface area (TPSA) is 20.2 Å². The number of aliphatic hydroxyl groups is 1. The molecule has 0 saturated heterocycles. The van der Waals surface area contributed by atoms with E-state index >= 15 is 0 Å². The van der Waals surface area contributed by atoms with Gasteiger partial charge in [0.05, 0.1) is 6.61 Å². The molecule has 0 amide bonds. The molecule has 0 spiro atoms. The molecule has 0 saturated carbocycles. The fourth-order valence-electron chi connectivity index (χ4n) is 1.36. The Morgan fingerprint density at radius 2 is 1.71 bits per heavy atom. The molecular weight excluding hydrogens is 172 g/mol. The van der Waals surface area contributed by atoms with E-state index in [2.05, 4.69) is 26.8 Å². The highest BCUT2D eigenvalue weighted by atomic mass is 16.2. The Morgan fingerprint density at radius 1 is 1.07 bits per heavy atom. The number of unbranched alkanes of at least 4 members (excludes halogenated alkanes) is 1. The zero-order chi connectivity index (χ0) is 10.8. The van der Waals surface area contributed by atoms with Crippen LogP contribution in [0.1, 0.15) is 52.9 Å². The summed E-state index contributed by atoms with van der Waals surface area (Å²) in [5, 5.41) is 8.67. The minimum atomic E-state index is 0.171. The zero-order valence-electron chi connectivity index (χ0n) is 9.84. The molecule has 0 aromatic heterocycles. The summed E-state index contributed by atoms with van der Waals surface area (Å²) in [5.41, 5.74) is 2.79. The maximum Gasteiger partial charge on any atom is 0.0614 e. The van der Waals surface area contributed by atoms with Gasteiger partial charge in [-0.1, -0.05) is 36.6 Å². The van der Waals surface area contributed by atoms with Gasteiger partial charge in [0.15, 0.2) is 0 Å². The number of hydrogen-bond donors (Lipinski definition) is 1. The number of aliphatic hydroxyl groups excluding tert-OH is 1. The van der Waals surface area contributed by atoms with Crippen molar-refractivity contribution in [3.63, 3.8) is 0 Å². The van der Waals surface area contributed by atoms with E-state index in [0.29, 0.717) is 0 Å². The third-order valence-electron chi connectivity index (χ3n) is 2.40. The first kappa shape index (κ1) is 13.4. The summed E-state index contributed by atoms with van der Waals surface area (Å²) in [6.07, 6.45) is 10.2. The molecule has 0 aliphatic carbocycles. The second kappa shape index (κ2) is 9.01. The van der Waals surface area contributed by atoms with E-state index in [1.165, 1.54) is 30.4 Å². The first-order valence-electron chi connectivity index (χ1n) is 5.62. The van der Waals surface area contributed by atoms with Gasteiger partial charge in [0, 0.05) is 0 Å². The van der Waals surface area contributed by atoms with Crippen molar-refractivity contribution in [3.8, 4) is 0 Å². The fraction of sp³-hybridized carbons (Fsp3) is 0.692. The fourth-order valence-corrected chi connectivity index (χ4v) is 1.36. The third kappa shape index (κ3) is 8.06. The van der Waals surface area contributed by atoms with Crippen LogP contribution in [-0.2, 0) is 0 Å². The molecule has 0 aliphatic rings. The van der Waals surface area contributed by atoms with Crippen molar-refractivity contribution in [1.29, 1.82) is 0 Å². The van der Waals surface area contributed by atoms with Gasteiger partial charge in [-0.3, -0.25) is 0 Å². The highest BCUT2D eigenvalue weighted by molar-refractivity contribution is 5.03.